The number of aromatic amines is 1. The summed E-state index contributed by atoms with van der Waals surface area (Å²) in [4.78, 5) is 22.3. The number of halogens is 1. The molecular weight excluding hydrogens is 180 g/mol. The molecule has 0 bridgehead atoms. The van der Waals surface area contributed by atoms with Crippen molar-refractivity contribution in [3.8, 4) is 0 Å². The lowest BCUT2D eigenvalue weighted by Gasteiger charge is -1.89. The van der Waals surface area contributed by atoms with Gasteiger partial charge in [0.05, 0.1) is 5.88 Å². The van der Waals surface area contributed by atoms with Crippen molar-refractivity contribution >= 4 is 17.4 Å². The van der Waals surface area contributed by atoms with Crippen molar-refractivity contribution in [3.05, 3.63) is 21.6 Å². The summed E-state index contributed by atoms with van der Waals surface area (Å²) in [5, 5.41) is 2.72. The van der Waals surface area contributed by atoms with E-state index in [0.717, 1.165) is 0 Å². The van der Waals surface area contributed by atoms with Gasteiger partial charge in [0.15, 0.2) is 5.78 Å². The van der Waals surface area contributed by atoms with E-state index >= 15 is 0 Å². The van der Waals surface area contributed by atoms with E-state index in [1.807, 2.05) is 0 Å². The molecule has 0 aliphatic carbocycles. The molecule has 0 aromatic carbocycles. The number of nitrogens with zero attached hydrogens (tertiary/aromatic N) is 1. The number of hydrogen-bond acceptors (Lipinski definition) is 2. The van der Waals surface area contributed by atoms with Crippen molar-refractivity contribution in [2.75, 3.05) is 5.88 Å². The fourth-order valence-electron chi connectivity index (χ4n) is 1.08. The summed E-state index contributed by atoms with van der Waals surface area (Å²) >= 11 is 5.33. The summed E-state index contributed by atoms with van der Waals surface area (Å²) in [5.41, 5.74) is 0.402. The zero-order valence-electron chi connectivity index (χ0n) is 6.85. The third-order valence-corrected chi connectivity index (χ3v) is 1.87. The van der Waals surface area contributed by atoms with Crippen LogP contribution in [0.25, 0.3) is 0 Å². The van der Waals surface area contributed by atoms with Gasteiger partial charge >= 0.3 is 0 Å². The average molecular weight is 189 g/mol. The summed E-state index contributed by atoms with van der Waals surface area (Å²) in [7, 11) is 1.56. The van der Waals surface area contributed by atoms with E-state index < -0.39 is 0 Å². The summed E-state index contributed by atoms with van der Waals surface area (Å²) < 4.78 is 1.26. The second-order valence-electron chi connectivity index (χ2n) is 2.53. The second kappa shape index (κ2) is 3.15. The highest BCUT2D eigenvalue weighted by molar-refractivity contribution is 6.30. The molecule has 0 aliphatic heterocycles. The van der Waals surface area contributed by atoms with Gasteiger partial charge in [0, 0.05) is 12.7 Å². The minimum atomic E-state index is -0.337. The van der Waals surface area contributed by atoms with Gasteiger partial charge in [-0.1, -0.05) is 0 Å². The maximum absolute atomic E-state index is 11.2. The van der Waals surface area contributed by atoms with E-state index in [1.165, 1.54) is 4.68 Å². The standard InChI is InChI=1S/C7H9ClN2O2/c1-4-6(5(11)3-8)7(12)10(2)9-4/h9H,3H2,1-2H3. The molecule has 1 aromatic rings. The van der Waals surface area contributed by atoms with E-state index in [1.54, 1.807) is 14.0 Å². The number of carbonyl (C=O) groups is 1. The average Bonchev–Trinajstić information content (AvgIpc) is 2.26. The lowest BCUT2D eigenvalue weighted by Crippen LogP contribution is -2.19. The SMILES string of the molecule is Cc1[nH]n(C)c(=O)c1C(=O)CCl. The molecule has 5 heteroatoms. The molecule has 0 aliphatic rings. The second-order valence-corrected chi connectivity index (χ2v) is 2.80. The predicted octanol–water partition coefficient (Wildman–Crippen LogP) is 0.443. The first kappa shape index (κ1) is 9.06. The monoisotopic (exact) mass is 188 g/mol. The predicted molar refractivity (Wildman–Crippen MR) is 45.8 cm³/mol. The lowest BCUT2D eigenvalue weighted by molar-refractivity contribution is 0.101. The molecule has 0 radical (unpaired) electrons. The highest BCUT2D eigenvalue weighted by atomic mass is 35.5. The molecule has 0 saturated carbocycles. The Bertz CT molecular complexity index is 364. The number of alkyl halides is 1. The van der Waals surface area contributed by atoms with Crippen LogP contribution in [0.3, 0.4) is 0 Å². The Morgan fingerprint density at radius 3 is 2.58 bits per heavy atom. The van der Waals surface area contributed by atoms with Crippen LogP contribution in [0.4, 0.5) is 0 Å². The quantitative estimate of drug-likeness (QED) is 0.541. The number of hydrogen-bond donors (Lipinski definition) is 1. The van der Waals surface area contributed by atoms with Gasteiger partial charge in [-0.2, -0.15) is 0 Å². The summed E-state index contributed by atoms with van der Waals surface area (Å²) in [6.07, 6.45) is 0. The van der Waals surface area contributed by atoms with Crippen molar-refractivity contribution in [2.24, 2.45) is 7.05 Å². The topological polar surface area (TPSA) is 54.9 Å². The first-order valence-electron chi connectivity index (χ1n) is 3.42. The Morgan fingerprint density at radius 2 is 2.25 bits per heavy atom. The zero-order chi connectivity index (χ0) is 9.30. The normalized spacial score (nSPS) is 10.2. The third-order valence-electron chi connectivity index (χ3n) is 1.63. The molecule has 1 heterocycles. The Morgan fingerprint density at radius 1 is 1.67 bits per heavy atom. The van der Waals surface area contributed by atoms with Gasteiger partial charge in [-0.25, -0.2) is 0 Å². The van der Waals surface area contributed by atoms with Crippen LogP contribution in [0.5, 0.6) is 0 Å². The minimum absolute atomic E-state index is 0.159. The van der Waals surface area contributed by atoms with Gasteiger partial charge < -0.3 is 0 Å². The maximum atomic E-state index is 11.2. The summed E-state index contributed by atoms with van der Waals surface area (Å²) in [6.45, 7) is 1.67. The Labute approximate surface area is 74.1 Å². The van der Waals surface area contributed by atoms with Crippen molar-refractivity contribution in [1.82, 2.24) is 9.78 Å². The highest BCUT2D eigenvalue weighted by Crippen LogP contribution is 2.00. The molecule has 1 rings (SSSR count). The number of aryl methyl sites for hydroxylation is 2. The smallest absolute Gasteiger partial charge is 0.277 e. The van der Waals surface area contributed by atoms with Crippen LogP contribution in [0.15, 0.2) is 4.79 Å². The third kappa shape index (κ3) is 1.30. The van der Waals surface area contributed by atoms with Gasteiger partial charge in [-0.05, 0) is 6.92 Å². The molecule has 0 spiro atoms. The number of aromatic nitrogens is 2. The minimum Gasteiger partial charge on any atom is -0.300 e. The number of Topliss-reactive ketones (excluding diaryl/α,β-unsaturated/α-hetero) is 1. The van der Waals surface area contributed by atoms with Crippen LogP contribution < -0.4 is 5.56 Å². The molecule has 0 unspecified atom stereocenters. The van der Waals surface area contributed by atoms with Crippen molar-refractivity contribution in [2.45, 2.75) is 6.92 Å². The summed E-state index contributed by atoms with van der Waals surface area (Å²) in [6, 6.07) is 0. The molecular formula is C7H9ClN2O2. The molecule has 66 valence electrons. The van der Waals surface area contributed by atoms with Crippen LogP contribution in [-0.2, 0) is 7.05 Å². The van der Waals surface area contributed by atoms with Gasteiger partial charge in [0.1, 0.15) is 5.56 Å². The van der Waals surface area contributed by atoms with E-state index in [9.17, 15) is 9.59 Å². The van der Waals surface area contributed by atoms with E-state index in [4.69, 9.17) is 11.6 Å². The molecule has 4 nitrogen and oxygen atoms in total. The van der Waals surface area contributed by atoms with Crippen molar-refractivity contribution in [3.63, 3.8) is 0 Å². The first-order valence-corrected chi connectivity index (χ1v) is 3.96. The van der Waals surface area contributed by atoms with Crippen LogP contribution in [0.1, 0.15) is 16.1 Å². The number of ketones is 1. The maximum Gasteiger partial charge on any atom is 0.277 e. The van der Waals surface area contributed by atoms with E-state index in [2.05, 4.69) is 5.10 Å². The molecule has 0 fully saturated rings. The van der Waals surface area contributed by atoms with E-state index in [-0.39, 0.29) is 22.8 Å². The van der Waals surface area contributed by atoms with Crippen LogP contribution in [-0.4, -0.2) is 21.4 Å². The molecule has 12 heavy (non-hydrogen) atoms. The summed E-state index contributed by atoms with van der Waals surface area (Å²) in [5.74, 6) is -0.496. The molecule has 0 amide bonds. The lowest BCUT2D eigenvalue weighted by atomic mass is 10.2. The Balaban J connectivity index is 3.32. The molecule has 0 atom stereocenters. The largest absolute Gasteiger partial charge is 0.300 e. The fourth-order valence-corrected chi connectivity index (χ4v) is 1.22. The molecule has 1 N–H and O–H groups in total. The van der Waals surface area contributed by atoms with Crippen LogP contribution >= 0.6 is 11.6 Å². The zero-order valence-corrected chi connectivity index (χ0v) is 7.60. The van der Waals surface area contributed by atoms with Crippen molar-refractivity contribution in [1.29, 1.82) is 0 Å². The fraction of sp³-hybridized carbons (Fsp3) is 0.429. The van der Waals surface area contributed by atoms with Gasteiger partial charge in [-0.3, -0.25) is 19.4 Å². The first-order chi connectivity index (χ1) is 5.57. The van der Waals surface area contributed by atoms with Gasteiger partial charge in [0.2, 0.25) is 0 Å². The van der Waals surface area contributed by atoms with Crippen LogP contribution in [0, 0.1) is 6.92 Å². The number of rotatable bonds is 2. The molecule has 0 saturated heterocycles. The Hall–Kier alpha value is -1.03. The number of H-pyrrole nitrogens is 1. The van der Waals surface area contributed by atoms with Gasteiger partial charge in [-0.15, -0.1) is 11.6 Å². The molecule has 1 aromatic heterocycles. The highest BCUT2D eigenvalue weighted by Gasteiger charge is 2.15. The van der Waals surface area contributed by atoms with Crippen LogP contribution in [0.2, 0.25) is 0 Å². The number of nitrogens with one attached hydrogen (secondary N) is 1. The van der Waals surface area contributed by atoms with Crippen molar-refractivity contribution < 1.29 is 4.79 Å². The van der Waals surface area contributed by atoms with E-state index in [0.29, 0.717) is 5.69 Å². The Kier molecular flexibility index (Phi) is 2.38. The van der Waals surface area contributed by atoms with Gasteiger partial charge in [0.25, 0.3) is 5.56 Å². The number of carbonyl (C=O) groups excluding carboxylic acids is 1.